The van der Waals surface area contributed by atoms with Gasteiger partial charge in [-0.2, -0.15) is 0 Å². The number of anilines is 1. The molecule has 29 heavy (non-hydrogen) atoms. The van der Waals surface area contributed by atoms with Gasteiger partial charge in [0.15, 0.2) is 15.7 Å². The van der Waals surface area contributed by atoms with Crippen molar-refractivity contribution in [3.8, 4) is 11.5 Å². The minimum Gasteiger partial charge on any atom is -0.377 e. The van der Waals surface area contributed by atoms with Crippen LogP contribution in [0.5, 0.6) is 0 Å². The number of H-pyrrole nitrogens is 1. The number of nitrogens with one attached hydrogen (secondary N) is 1. The zero-order valence-electron chi connectivity index (χ0n) is 16.8. The van der Waals surface area contributed by atoms with Crippen molar-refractivity contribution < 1.29 is 13.2 Å². The van der Waals surface area contributed by atoms with Gasteiger partial charge in [-0.25, -0.2) is 23.4 Å². The highest BCUT2D eigenvalue weighted by atomic mass is 32.2. The predicted molar refractivity (Wildman–Crippen MR) is 113 cm³/mol. The topological polar surface area (TPSA) is 101 Å². The van der Waals surface area contributed by atoms with E-state index in [1.165, 1.54) is 6.26 Å². The van der Waals surface area contributed by atoms with Gasteiger partial charge in [-0.05, 0) is 31.5 Å². The molecule has 4 rings (SSSR count). The van der Waals surface area contributed by atoms with Crippen molar-refractivity contribution in [1.29, 1.82) is 0 Å². The molecule has 0 aromatic carbocycles. The Balaban J connectivity index is 1.81. The fraction of sp³-hybridized carbons (Fsp3) is 0.450. The highest BCUT2D eigenvalue weighted by Crippen LogP contribution is 2.25. The molecule has 1 unspecified atom stereocenters. The number of fused-ring (bicyclic) bond motifs is 1. The number of rotatable bonds is 5. The van der Waals surface area contributed by atoms with Crippen molar-refractivity contribution in [2.75, 3.05) is 30.9 Å². The van der Waals surface area contributed by atoms with E-state index in [0.717, 1.165) is 29.0 Å². The highest BCUT2D eigenvalue weighted by molar-refractivity contribution is 7.89. The van der Waals surface area contributed by atoms with E-state index in [1.807, 2.05) is 25.1 Å². The fourth-order valence-corrected chi connectivity index (χ4v) is 4.34. The van der Waals surface area contributed by atoms with Crippen LogP contribution in [0, 0.1) is 6.92 Å². The molecule has 3 aromatic rings. The normalized spacial score (nSPS) is 17.8. The van der Waals surface area contributed by atoms with Crippen LogP contribution in [0.2, 0.25) is 0 Å². The minimum absolute atomic E-state index is 0.137. The maximum Gasteiger partial charge on any atom is 0.180 e. The van der Waals surface area contributed by atoms with Crippen LogP contribution in [0.4, 0.5) is 5.82 Å². The molecule has 3 aromatic heterocycles. The summed E-state index contributed by atoms with van der Waals surface area (Å²) in [4.78, 5) is 19.4. The van der Waals surface area contributed by atoms with Crippen LogP contribution in [0.3, 0.4) is 0 Å². The van der Waals surface area contributed by atoms with E-state index in [0.29, 0.717) is 37.0 Å². The van der Waals surface area contributed by atoms with Crippen LogP contribution in [0.15, 0.2) is 24.3 Å². The summed E-state index contributed by atoms with van der Waals surface area (Å²) in [5.41, 5.74) is 3.89. The minimum atomic E-state index is -3.23. The predicted octanol–water partition coefficient (Wildman–Crippen LogP) is 2.49. The summed E-state index contributed by atoms with van der Waals surface area (Å²) in [6.07, 6.45) is 2.12. The maximum atomic E-state index is 11.9. The first-order valence-electron chi connectivity index (χ1n) is 9.69. The second-order valence-corrected chi connectivity index (χ2v) is 9.66. The van der Waals surface area contributed by atoms with Gasteiger partial charge < -0.3 is 14.6 Å². The molecule has 0 amide bonds. The van der Waals surface area contributed by atoms with E-state index in [9.17, 15) is 8.42 Å². The van der Waals surface area contributed by atoms with Gasteiger partial charge in [0.25, 0.3) is 0 Å². The zero-order valence-corrected chi connectivity index (χ0v) is 17.7. The number of ether oxygens (including phenoxy) is 1. The van der Waals surface area contributed by atoms with Gasteiger partial charge in [-0.1, -0.05) is 6.92 Å². The first-order valence-corrected chi connectivity index (χ1v) is 11.8. The second kappa shape index (κ2) is 7.72. The van der Waals surface area contributed by atoms with E-state index in [4.69, 9.17) is 9.72 Å². The molecular formula is C20H25N5O3S. The van der Waals surface area contributed by atoms with Gasteiger partial charge in [0.1, 0.15) is 11.5 Å². The maximum absolute atomic E-state index is 11.9. The van der Waals surface area contributed by atoms with Crippen LogP contribution in [-0.2, 0) is 20.3 Å². The Morgan fingerprint density at radius 3 is 2.83 bits per heavy atom. The van der Waals surface area contributed by atoms with Crippen LogP contribution < -0.4 is 4.90 Å². The third kappa shape index (κ3) is 4.40. The molecule has 0 aliphatic carbocycles. The average molecular weight is 416 g/mol. The number of morpholine rings is 1. The number of aryl methyl sites for hydroxylation is 1. The number of nitrogens with zero attached hydrogens (tertiary/aromatic N) is 4. The summed E-state index contributed by atoms with van der Waals surface area (Å²) in [6.45, 7) is 6.03. The molecule has 0 spiro atoms. The number of hydrogen-bond acceptors (Lipinski definition) is 7. The van der Waals surface area contributed by atoms with Crippen molar-refractivity contribution >= 4 is 26.7 Å². The van der Waals surface area contributed by atoms with Gasteiger partial charge in [0, 0.05) is 24.6 Å². The fourth-order valence-electron chi connectivity index (χ4n) is 3.65. The molecule has 0 saturated carbocycles. The first-order chi connectivity index (χ1) is 13.8. The smallest absolute Gasteiger partial charge is 0.180 e. The molecule has 0 bridgehead atoms. The second-order valence-electron chi connectivity index (χ2n) is 7.52. The summed E-state index contributed by atoms with van der Waals surface area (Å²) < 4.78 is 29.4. The van der Waals surface area contributed by atoms with Gasteiger partial charge in [0.05, 0.1) is 41.7 Å². The molecule has 4 heterocycles. The van der Waals surface area contributed by atoms with Gasteiger partial charge in [0.2, 0.25) is 0 Å². The van der Waals surface area contributed by atoms with Gasteiger partial charge in [-0.3, -0.25) is 0 Å². The molecule has 1 atom stereocenters. The van der Waals surface area contributed by atoms with Crippen LogP contribution in [0.1, 0.15) is 24.7 Å². The lowest BCUT2D eigenvalue weighted by molar-refractivity contribution is 0.0925. The molecule has 1 fully saturated rings. The zero-order chi connectivity index (χ0) is 20.6. The summed E-state index contributed by atoms with van der Waals surface area (Å²) in [5.74, 6) is 1.02. The Kier molecular flexibility index (Phi) is 5.26. The highest BCUT2D eigenvalue weighted by Gasteiger charge is 2.24. The standard InChI is InChI=1S/C20H25N5O3S/c1-4-15-11-28-8-7-25(15)19-10-14(12-29(3,26)27)22-20(24-19)17-6-5-16-18(23-17)9-13(2)21-16/h5-6,9-10,15,21H,4,7-8,11-12H2,1-3H3. The van der Waals surface area contributed by atoms with Gasteiger partial charge >= 0.3 is 0 Å². The summed E-state index contributed by atoms with van der Waals surface area (Å²) in [6, 6.07) is 7.74. The van der Waals surface area contributed by atoms with E-state index in [2.05, 4.69) is 26.8 Å². The lowest BCUT2D eigenvalue weighted by Crippen LogP contribution is -2.45. The van der Waals surface area contributed by atoms with Crippen LogP contribution in [0.25, 0.3) is 22.6 Å². The molecule has 1 N–H and O–H groups in total. The van der Waals surface area contributed by atoms with E-state index in [-0.39, 0.29) is 11.8 Å². The number of hydrogen-bond donors (Lipinski definition) is 1. The molecular weight excluding hydrogens is 390 g/mol. The van der Waals surface area contributed by atoms with Crippen LogP contribution >= 0.6 is 0 Å². The molecule has 8 nitrogen and oxygen atoms in total. The monoisotopic (exact) mass is 415 g/mol. The lowest BCUT2D eigenvalue weighted by atomic mass is 10.1. The third-order valence-corrected chi connectivity index (χ3v) is 5.83. The Bertz CT molecular complexity index is 1140. The van der Waals surface area contributed by atoms with E-state index >= 15 is 0 Å². The average Bonchev–Trinajstić information content (AvgIpc) is 3.05. The van der Waals surface area contributed by atoms with Crippen molar-refractivity contribution in [3.05, 3.63) is 35.7 Å². The SMILES string of the molecule is CCC1COCCN1c1cc(CS(C)(=O)=O)nc(-c2ccc3[nH]c(C)cc3n2)n1. The molecule has 1 aliphatic heterocycles. The molecule has 154 valence electrons. The first kappa shape index (κ1) is 19.8. The van der Waals surface area contributed by atoms with E-state index in [1.54, 1.807) is 6.07 Å². The van der Waals surface area contributed by atoms with Crippen molar-refractivity contribution in [2.24, 2.45) is 0 Å². The molecule has 1 aliphatic rings. The lowest BCUT2D eigenvalue weighted by Gasteiger charge is -2.36. The van der Waals surface area contributed by atoms with Crippen molar-refractivity contribution in [3.63, 3.8) is 0 Å². The molecule has 9 heteroatoms. The summed E-state index contributed by atoms with van der Waals surface area (Å²) in [7, 11) is -3.23. The molecule has 0 radical (unpaired) electrons. The summed E-state index contributed by atoms with van der Waals surface area (Å²) in [5, 5.41) is 0. The number of aromatic amines is 1. The number of sulfone groups is 1. The Morgan fingerprint density at radius 2 is 2.07 bits per heavy atom. The Labute approximate surface area is 170 Å². The quantitative estimate of drug-likeness (QED) is 0.683. The van der Waals surface area contributed by atoms with Crippen molar-refractivity contribution in [1.82, 2.24) is 19.9 Å². The number of aromatic nitrogens is 4. The Morgan fingerprint density at radius 1 is 1.24 bits per heavy atom. The third-order valence-electron chi connectivity index (χ3n) is 5.01. The summed E-state index contributed by atoms with van der Waals surface area (Å²) >= 11 is 0. The van der Waals surface area contributed by atoms with E-state index < -0.39 is 9.84 Å². The Hall–Kier alpha value is -2.52. The largest absolute Gasteiger partial charge is 0.377 e. The van der Waals surface area contributed by atoms with Crippen molar-refractivity contribution in [2.45, 2.75) is 32.1 Å². The molecule has 1 saturated heterocycles. The van der Waals surface area contributed by atoms with Gasteiger partial charge in [-0.15, -0.1) is 0 Å². The van der Waals surface area contributed by atoms with Crippen LogP contribution in [-0.4, -0.2) is 60.4 Å². The number of pyridine rings is 1.